The molecule has 0 aliphatic heterocycles. The van der Waals surface area contributed by atoms with Gasteiger partial charge in [0.15, 0.2) is 0 Å². The largest absolute Gasteiger partial charge is 0.465 e. The molecule has 6 nitrogen and oxygen atoms in total. The summed E-state index contributed by atoms with van der Waals surface area (Å²) in [6.07, 6.45) is 1.35. The molecule has 34 heavy (non-hydrogen) atoms. The number of hydrogen-bond donors (Lipinski definition) is 0. The Morgan fingerprint density at radius 2 is 1.85 bits per heavy atom. The fraction of sp³-hybridized carbons (Fsp3) is 0.480. The lowest BCUT2D eigenvalue weighted by molar-refractivity contribution is -0.154. The molecular weight excluding hydrogens is 464 g/mol. The number of amides is 1. The van der Waals surface area contributed by atoms with E-state index in [1.165, 1.54) is 31.1 Å². The number of carbonyl (C=O) groups excluding carboxylic acids is 3. The Hall–Kier alpha value is -2.81. The van der Waals surface area contributed by atoms with Crippen LogP contribution in [0.15, 0.2) is 24.3 Å². The summed E-state index contributed by atoms with van der Waals surface area (Å²) in [5.41, 5.74) is 0.227. The van der Waals surface area contributed by atoms with Crippen molar-refractivity contribution in [2.24, 2.45) is 11.8 Å². The highest BCUT2D eigenvalue weighted by Crippen LogP contribution is 2.42. The lowest BCUT2D eigenvalue weighted by Crippen LogP contribution is -2.47. The Kier molecular flexibility index (Phi) is 8.07. The highest BCUT2D eigenvalue weighted by Gasteiger charge is 2.40. The normalized spacial score (nSPS) is 20.2. The molecule has 0 spiro atoms. The van der Waals surface area contributed by atoms with E-state index in [9.17, 15) is 23.2 Å². The Bertz CT molecular complexity index is 1080. The molecule has 1 fully saturated rings. The maximum absolute atomic E-state index is 14.5. The number of carbonyl (C=O) groups is 3. The second-order valence-corrected chi connectivity index (χ2v) is 9.95. The van der Waals surface area contributed by atoms with E-state index in [1.54, 1.807) is 0 Å². The van der Waals surface area contributed by atoms with E-state index in [0.717, 1.165) is 29.9 Å². The van der Waals surface area contributed by atoms with E-state index < -0.39 is 35.6 Å². The van der Waals surface area contributed by atoms with Crippen LogP contribution in [0.5, 0.6) is 0 Å². The van der Waals surface area contributed by atoms with Gasteiger partial charge >= 0.3 is 11.9 Å². The topological polar surface area (TPSA) is 72.9 Å². The minimum atomic E-state index is -0.775. The maximum atomic E-state index is 14.5. The van der Waals surface area contributed by atoms with E-state index in [-0.39, 0.29) is 23.1 Å². The van der Waals surface area contributed by atoms with Crippen LogP contribution in [-0.4, -0.2) is 37.1 Å². The third-order valence-corrected chi connectivity index (χ3v) is 7.14. The van der Waals surface area contributed by atoms with Crippen molar-refractivity contribution in [1.82, 2.24) is 0 Å². The predicted molar refractivity (Wildman–Crippen MR) is 126 cm³/mol. The van der Waals surface area contributed by atoms with Crippen molar-refractivity contribution in [3.8, 4) is 10.4 Å². The number of benzene rings is 1. The van der Waals surface area contributed by atoms with Crippen molar-refractivity contribution >= 4 is 34.2 Å². The molecular formula is C25H29F2NO5S. The number of hydrogen-bond acceptors (Lipinski definition) is 6. The molecule has 1 aliphatic carbocycles. The molecule has 9 heteroatoms. The molecule has 1 amide bonds. The van der Waals surface area contributed by atoms with Crippen molar-refractivity contribution in [3.05, 3.63) is 41.5 Å². The lowest BCUT2D eigenvalue weighted by Gasteiger charge is -2.37. The van der Waals surface area contributed by atoms with Crippen LogP contribution in [0.1, 0.15) is 57.3 Å². The average Bonchev–Trinajstić information content (AvgIpc) is 3.17. The van der Waals surface area contributed by atoms with Crippen LogP contribution in [0.3, 0.4) is 0 Å². The first kappa shape index (κ1) is 25.8. The van der Waals surface area contributed by atoms with Crippen molar-refractivity contribution < 1.29 is 32.6 Å². The number of thiophene rings is 1. The van der Waals surface area contributed by atoms with Crippen LogP contribution in [0, 0.1) is 23.5 Å². The van der Waals surface area contributed by atoms with E-state index in [2.05, 4.69) is 6.92 Å². The van der Waals surface area contributed by atoms with Gasteiger partial charge in [-0.15, -0.1) is 11.3 Å². The number of esters is 2. The van der Waals surface area contributed by atoms with E-state index in [1.807, 2.05) is 13.8 Å². The molecule has 1 heterocycles. The molecule has 1 aromatic heterocycles. The second kappa shape index (κ2) is 10.6. The molecule has 3 atom stereocenters. The molecule has 1 aliphatic rings. The van der Waals surface area contributed by atoms with Crippen molar-refractivity contribution in [2.45, 2.75) is 59.1 Å². The van der Waals surface area contributed by atoms with Gasteiger partial charge in [-0.3, -0.25) is 9.59 Å². The molecule has 2 aromatic rings. The molecule has 0 unspecified atom stereocenters. The average molecular weight is 494 g/mol. The van der Waals surface area contributed by atoms with E-state index in [4.69, 9.17) is 9.47 Å². The van der Waals surface area contributed by atoms with Gasteiger partial charge in [0, 0.05) is 29.5 Å². The zero-order valence-corrected chi connectivity index (χ0v) is 20.7. The standard InChI is InChI=1S/C25H29F2NO5S/c1-13(2)28(23(30)18-8-6-14(3)10-21(18)33-15(4)29)24-19(25(31)32-5)12-22(34-24)17-9-7-16(26)11-20(17)27/h7,9,11-14,18,21H,6,8,10H2,1-5H3/t14-,18-,21+/m1/s1. The van der Waals surface area contributed by atoms with Crippen LogP contribution in [0.2, 0.25) is 0 Å². The molecule has 1 saturated carbocycles. The van der Waals surface area contributed by atoms with Crippen LogP contribution in [-0.2, 0) is 19.1 Å². The third kappa shape index (κ3) is 5.46. The zero-order valence-electron chi connectivity index (χ0n) is 19.9. The molecule has 3 rings (SSSR count). The molecule has 0 N–H and O–H groups in total. The summed E-state index contributed by atoms with van der Waals surface area (Å²) in [5, 5.41) is 0.311. The summed E-state index contributed by atoms with van der Waals surface area (Å²) in [6.45, 7) is 6.99. The van der Waals surface area contributed by atoms with Gasteiger partial charge in [-0.25, -0.2) is 13.6 Å². The van der Waals surface area contributed by atoms with Crippen LogP contribution in [0.4, 0.5) is 13.8 Å². The number of rotatable bonds is 6. The van der Waals surface area contributed by atoms with Crippen molar-refractivity contribution in [3.63, 3.8) is 0 Å². The molecule has 0 bridgehead atoms. The summed E-state index contributed by atoms with van der Waals surface area (Å²) < 4.78 is 38.4. The van der Waals surface area contributed by atoms with Gasteiger partial charge < -0.3 is 14.4 Å². The molecule has 0 radical (unpaired) electrons. The summed E-state index contributed by atoms with van der Waals surface area (Å²) in [6, 6.07) is 4.30. The first-order chi connectivity index (χ1) is 16.0. The van der Waals surface area contributed by atoms with Gasteiger partial charge in [-0.05, 0) is 57.2 Å². The van der Waals surface area contributed by atoms with E-state index >= 15 is 0 Å². The smallest absolute Gasteiger partial charge is 0.340 e. The zero-order chi connectivity index (χ0) is 25.2. The number of halogens is 2. The molecule has 184 valence electrons. The number of anilines is 1. The highest BCUT2D eigenvalue weighted by molar-refractivity contribution is 7.20. The summed E-state index contributed by atoms with van der Waals surface area (Å²) in [4.78, 5) is 40.0. The lowest BCUT2D eigenvalue weighted by atomic mass is 9.79. The number of methoxy groups -OCH3 is 1. The summed E-state index contributed by atoms with van der Waals surface area (Å²) >= 11 is 1.05. The second-order valence-electron chi connectivity index (χ2n) is 8.92. The highest BCUT2D eigenvalue weighted by atomic mass is 32.1. The Balaban J connectivity index is 2.07. The van der Waals surface area contributed by atoms with Gasteiger partial charge in [-0.2, -0.15) is 0 Å². The Morgan fingerprint density at radius 3 is 2.44 bits per heavy atom. The summed E-state index contributed by atoms with van der Waals surface area (Å²) in [5.74, 6) is -3.15. The number of ether oxygens (including phenoxy) is 2. The quantitative estimate of drug-likeness (QED) is 0.491. The Morgan fingerprint density at radius 1 is 1.15 bits per heavy atom. The van der Waals surface area contributed by atoms with Crippen LogP contribution in [0.25, 0.3) is 10.4 Å². The first-order valence-electron chi connectivity index (χ1n) is 11.2. The SMILES string of the molecule is COC(=O)c1cc(-c2ccc(F)cc2F)sc1N(C(=O)[C@@H]1CC[C@@H](C)C[C@@H]1OC(C)=O)C(C)C. The van der Waals surface area contributed by atoms with Crippen molar-refractivity contribution in [1.29, 1.82) is 0 Å². The van der Waals surface area contributed by atoms with E-state index in [0.29, 0.717) is 28.6 Å². The van der Waals surface area contributed by atoms with Crippen molar-refractivity contribution in [2.75, 3.05) is 12.0 Å². The minimum Gasteiger partial charge on any atom is -0.465 e. The van der Waals surface area contributed by atoms with Gasteiger partial charge in [0.2, 0.25) is 5.91 Å². The Labute approximate surface area is 201 Å². The van der Waals surface area contributed by atoms with Crippen LogP contribution < -0.4 is 4.90 Å². The number of nitrogens with zero attached hydrogens (tertiary/aromatic N) is 1. The molecule has 0 saturated heterocycles. The minimum absolute atomic E-state index is 0.112. The van der Waals surface area contributed by atoms with Gasteiger partial charge in [-0.1, -0.05) is 6.92 Å². The summed E-state index contributed by atoms with van der Waals surface area (Å²) in [7, 11) is 1.22. The fourth-order valence-corrected chi connectivity index (χ4v) is 5.67. The van der Waals surface area contributed by atoms with Gasteiger partial charge in [0.1, 0.15) is 22.7 Å². The van der Waals surface area contributed by atoms with Gasteiger partial charge in [0.05, 0.1) is 18.6 Å². The fourth-order valence-electron chi connectivity index (χ4n) is 4.36. The maximum Gasteiger partial charge on any atom is 0.340 e. The third-order valence-electron chi connectivity index (χ3n) is 5.98. The van der Waals surface area contributed by atoms with Crippen LogP contribution >= 0.6 is 11.3 Å². The predicted octanol–water partition coefficient (Wildman–Crippen LogP) is 5.59. The monoisotopic (exact) mass is 493 g/mol. The molecule has 1 aromatic carbocycles. The first-order valence-corrected chi connectivity index (χ1v) is 12.0. The van der Waals surface area contributed by atoms with Gasteiger partial charge in [0.25, 0.3) is 0 Å².